The van der Waals surface area contributed by atoms with Crippen molar-refractivity contribution in [2.24, 2.45) is 5.92 Å². The van der Waals surface area contributed by atoms with E-state index in [9.17, 15) is 2.74 Å². The van der Waals surface area contributed by atoms with Crippen LogP contribution in [-0.4, -0.2) is 14.1 Å². The summed E-state index contributed by atoms with van der Waals surface area (Å²) in [6.07, 6.45) is 4.85. The lowest BCUT2D eigenvalue weighted by molar-refractivity contribution is -0.571. The van der Waals surface area contributed by atoms with Gasteiger partial charge in [0.25, 0.3) is 6.33 Å². The van der Waals surface area contributed by atoms with Crippen LogP contribution < -0.4 is 9.30 Å². The van der Waals surface area contributed by atoms with E-state index >= 15 is 0 Å². The Morgan fingerprint density at radius 1 is 0.638 bits per heavy atom. The molecular formula is C53H42N4O. The summed E-state index contributed by atoms with van der Waals surface area (Å²) in [6.45, 7) is 5.59. The predicted octanol–water partition coefficient (Wildman–Crippen LogP) is 13.1. The van der Waals surface area contributed by atoms with E-state index in [0.717, 1.165) is 0 Å². The molecule has 1 atom stereocenters. The third-order valence-electron chi connectivity index (χ3n) is 10.2. The molecule has 0 N–H and O–H groups in total. The van der Waals surface area contributed by atoms with Gasteiger partial charge in [0.15, 0.2) is 0 Å². The largest absolute Gasteiger partial charge is 0.458 e. The van der Waals surface area contributed by atoms with Gasteiger partial charge in [-0.15, -0.1) is 0 Å². The van der Waals surface area contributed by atoms with Gasteiger partial charge >= 0.3 is 0 Å². The molecule has 0 amide bonds. The summed E-state index contributed by atoms with van der Waals surface area (Å²) in [6, 6.07) is 14.7. The van der Waals surface area contributed by atoms with Crippen molar-refractivity contribution in [3.63, 3.8) is 0 Å². The zero-order chi connectivity index (χ0) is 54.0. The van der Waals surface area contributed by atoms with Crippen molar-refractivity contribution >= 4 is 32.8 Å². The van der Waals surface area contributed by atoms with Gasteiger partial charge in [0.1, 0.15) is 17.3 Å². The molecule has 10 rings (SSSR count). The molecule has 3 heterocycles. The summed E-state index contributed by atoms with van der Waals surface area (Å²) in [5, 5.41) is 0.0802. The van der Waals surface area contributed by atoms with Crippen molar-refractivity contribution in [3.8, 4) is 50.9 Å². The molecule has 0 aliphatic carbocycles. The Labute approximate surface area is 362 Å². The number of hydrogen-bond donors (Lipinski definition) is 0. The lowest BCUT2D eigenvalue weighted by Gasteiger charge is -2.17. The van der Waals surface area contributed by atoms with Crippen LogP contribution in [0.25, 0.3) is 72.3 Å². The third-order valence-corrected chi connectivity index (χ3v) is 10.2. The lowest BCUT2D eigenvalue weighted by atomic mass is 9.91. The SMILES string of the molecule is [2H]c1c([2H])c([2H])c(-c2cccc(-c3c([2H])c([2H])c([2H])c([2H])c3[2H])c2-[n+]2[c-]n(-c3cccc(Oc4cc5c(c([2H])c4[2H])c4c([2H])c([2H])c([2H])c([2H])c4n5-c4cc(C([2H])(C)C(C)C)ccn4)c3)c3ccccc32)c([2H])c1[2H]. The average Bonchev–Trinajstić information content (AvgIpc) is 3.97. The fourth-order valence-electron chi connectivity index (χ4n) is 7.16. The Morgan fingerprint density at radius 3 is 2.09 bits per heavy atom. The maximum atomic E-state index is 9.37. The number of hydrogen-bond acceptors (Lipinski definition) is 2. The number of aromatic nitrogens is 4. The molecule has 0 saturated heterocycles. The minimum Gasteiger partial charge on any atom is -0.458 e. The first-order chi connectivity index (χ1) is 35.5. The van der Waals surface area contributed by atoms with E-state index in [4.69, 9.17) is 25.3 Å². The maximum absolute atomic E-state index is 9.37. The van der Waals surface area contributed by atoms with Crippen LogP contribution in [0.1, 0.15) is 55.5 Å². The summed E-state index contributed by atoms with van der Waals surface area (Å²) >= 11 is 0. The minimum absolute atomic E-state index is 0.0129. The second kappa shape index (κ2) is 14.7. The van der Waals surface area contributed by atoms with Gasteiger partial charge in [-0.3, -0.25) is 13.7 Å². The van der Waals surface area contributed by atoms with Crippen LogP contribution in [0.15, 0.2) is 188 Å². The molecule has 58 heavy (non-hydrogen) atoms. The number of fused-ring (bicyclic) bond motifs is 4. The summed E-state index contributed by atoms with van der Waals surface area (Å²) in [4.78, 5) is 4.61. The number of para-hydroxylation sites is 4. The maximum Gasteiger partial charge on any atom is 0.269 e. The van der Waals surface area contributed by atoms with Crippen molar-refractivity contribution in [3.05, 3.63) is 200 Å². The van der Waals surface area contributed by atoms with Crippen molar-refractivity contribution < 1.29 is 32.6 Å². The summed E-state index contributed by atoms with van der Waals surface area (Å²) in [5.74, 6) is -0.927. The Morgan fingerprint density at radius 2 is 1.33 bits per heavy atom. The van der Waals surface area contributed by atoms with Crippen LogP contribution in [-0.2, 0) is 0 Å². The first kappa shape index (κ1) is 21.3. The molecule has 280 valence electrons. The Balaban J connectivity index is 1.18. The second-order valence-electron chi connectivity index (χ2n) is 13.9. The van der Waals surface area contributed by atoms with E-state index in [0.29, 0.717) is 22.3 Å². The van der Waals surface area contributed by atoms with Crippen molar-refractivity contribution in [2.75, 3.05) is 0 Å². The molecule has 0 spiro atoms. The number of imidazole rings is 1. The molecule has 3 aromatic heterocycles. The van der Waals surface area contributed by atoms with Crippen LogP contribution >= 0.6 is 0 Å². The highest BCUT2D eigenvalue weighted by atomic mass is 16.5. The first-order valence-corrected chi connectivity index (χ1v) is 18.5. The Hall–Kier alpha value is -7.24. The van der Waals surface area contributed by atoms with Gasteiger partial charge in [0.05, 0.1) is 55.4 Å². The van der Waals surface area contributed by atoms with Gasteiger partial charge in [0.2, 0.25) is 0 Å². The van der Waals surface area contributed by atoms with E-state index in [1.54, 1.807) is 72.2 Å². The van der Waals surface area contributed by atoms with Crippen molar-refractivity contribution in [2.45, 2.75) is 26.7 Å². The fourth-order valence-corrected chi connectivity index (χ4v) is 7.16. The molecular weight excluding hydrogens is 709 g/mol. The first-order valence-electron chi connectivity index (χ1n) is 27.0. The number of rotatable bonds is 9. The molecule has 0 saturated carbocycles. The van der Waals surface area contributed by atoms with Gasteiger partial charge in [-0.1, -0.05) is 148 Å². The number of pyridine rings is 1. The van der Waals surface area contributed by atoms with Crippen LogP contribution in [0.2, 0.25) is 0 Å². The quantitative estimate of drug-likeness (QED) is 0.108. The van der Waals surface area contributed by atoms with Crippen LogP contribution in [0.4, 0.5) is 0 Å². The number of nitrogens with zero attached hydrogens (tertiary/aromatic N) is 4. The highest BCUT2D eigenvalue weighted by molar-refractivity contribution is 6.09. The summed E-state index contributed by atoms with van der Waals surface area (Å²) < 4.78 is 161. The molecule has 7 aromatic carbocycles. The van der Waals surface area contributed by atoms with E-state index in [-0.39, 0.29) is 85.1 Å². The summed E-state index contributed by atoms with van der Waals surface area (Å²) in [7, 11) is 0. The predicted molar refractivity (Wildman–Crippen MR) is 236 cm³/mol. The standard InChI is InChI=1S/C53H42N4O/c1-36(2)37(3)40-30-31-54-52(32-40)57-48-25-11-10-22-46(48)47-29-28-43(34-51(47)57)58-42-21-14-20-41(33-42)55-35-56(50-27-13-12-26-49(50)55)53-44(38-16-6-4-7-17-38)23-15-24-45(53)39-18-8-5-9-19-39/h4-34,36-37H,1-3H3/i4D,5D,6D,7D,8D,9D,10D,11D,16D,17D,18D,19D,22D,25D,28D,29D,37D. The molecule has 0 radical (unpaired) electrons. The van der Waals surface area contributed by atoms with Crippen molar-refractivity contribution in [1.82, 2.24) is 14.1 Å². The molecule has 0 aliphatic rings. The minimum atomic E-state index is -1.08. The van der Waals surface area contributed by atoms with E-state index in [1.165, 1.54) is 39.6 Å². The van der Waals surface area contributed by atoms with E-state index in [2.05, 4.69) is 11.3 Å². The highest BCUT2D eigenvalue weighted by Crippen LogP contribution is 2.37. The monoisotopic (exact) mass is 767 g/mol. The molecule has 0 fully saturated rings. The number of benzene rings is 7. The lowest BCUT2D eigenvalue weighted by Crippen LogP contribution is -2.31. The van der Waals surface area contributed by atoms with E-state index < -0.39 is 90.5 Å². The fraction of sp³-hybridized carbons (Fsp3) is 0.0943. The van der Waals surface area contributed by atoms with Crippen LogP contribution in [0.3, 0.4) is 0 Å². The normalized spacial score (nSPS) is 16.8. The zero-order valence-corrected chi connectivity index (χ0v) is 31.4. The molecule has 1 unspecified atom stereocenters. The van der Waals surface area contributed by atoms with Crippen LogP contribution in [0.5, 0.6) is 11.5 Å². The second-order valence-corrected chi connectivity index (χ2v) is 13.9. The van der Waals surface area contributed by atoms with Gasteiger partial charge in [-0.2, -0.15) is 0 Å². The summed E-state index contributed by atoms with van der Waals surface area (Å²) in [5.41, 5.74) is 2.00. The third kappa shape index (κ3) is 6.22. The van der Waals surface area contributed by atoms with Crippen molar-refractivity contribution in [1.29, 1.82) is 0 Å². The van der Waals surface area contributed by atoms with Gasteiger partial charge < -0.3 is 4.74 Å². The molecule has 0 aliphatic heterocycles. The number of ether oxygens (including phenoxy) is 1. The molecule has 5 nitrogen and oxygen atoms in total. The van der Waals surface area contributed by atoms with Gasteiger partial charge in [-0.05, 0) is 88.1 Å². The van der Waals surface area contributed by atoms with Crippen LogP contribution in [0, 0.1) is 12.2 Å². The van der Waals surface area contributed by atoms with Gasteiger partial charge in [-0.25, -0.2) is 4.98 Å². The molecule has 10 aromatic rings. The van der Waals surface area contributed by atoms with Gasteiger partial charge in [0, 0.05) is 24.4 Å². The molecule has 5 heteroatoms. The Kier molecular flexibility index (Phi) is 5.40. The zero-order valence-electron chi connectivity index (χ0n) is 48.4. The van der Waals surface area contributed by atoms with E-state index in [1.807, 2.05) is 13.8 Å². The molecule has 0 bridgehead atoms. The average molecular weight is 768 g/mol. The Bertz CT molecular complexity index is 3950. The smallest absolute Gasteiger partial charge is 0.269 e. The topological polar surface area (TPSA) is 35.9 Å². The highest BCUT2D eigenvalue weighted by Gasteiger charge is 2.21.